The second-order valence-corrected chi connectivity index (χ2v) is 5.06. The zero-order valence-corrected chi connectivity index (χ0v) is 11.3. The second-order valence-electron chi connectivity index (χ2n) is 5.06. The van der Waals surface area contributed by atoms with E-state index in [-0.39, 0.29) is 12.0 Å². The summed E-state index contributed by atoms with van der Waals surface area (Å²) in [5.41, 5.74) is 7.67. The number of hydrogen-bond acceptors (Lipinski definition) is 4. The zero-order valence-electron chi connectivity index (χ0n) is 11.3. The van der Waals surface area contributed by atoms with Gasteiger partial charge in [-0.05, 0) is 31.9 Å². The summed E-state index contributed by atoms with van der Waals surface area (Å²) in [5.74, 6) is 1.18. The third kappa shape index (κ3) is 2.24. The fraction of sp³-hybridized carbons (Fsp3) is 0.357. The van der Waals surface area contributed by atoms with Gasteiger partial charge in [0.2, 0.25) is 0 Å². The molecule has 0 spiro atoms. The van der Waals surface area contributed by atoms with E-state index in [1.165, 1.54) is 5.56 Å². The van der Waals surface area contributed by atoms with Crippen molar-refractivity contribution >= 4 is 5.96 Å². The lowest BCUT2D eigenvalue weighted by atomic mass is 10.1. The molecule has 20 heavy (non-hydrogen) atoms. The van der Waals surface area contributed by atoms with E-state index in [9.17, 15) is 0 Å². The average molecular weight is 271 g/mol. The first kappa shape index (κ1) is 12.7. The first-order valence-electron chi connectivity index (χ1n) is 6.66. The Hall–Kier alpha value is -2.37. The van der Waals surface area contributed by atoms with Crippen molar-refractivity contribution in [2.45, 2.75) is 25.8 Å². The number of nitrogens with zero attached hydrogens (tertiary/aromatic N) is 3. The number of nitrogens with one attached hydrogen (secondary N) is 1. The maximum atomic E-state index is 7.58. The standard InChI is InChI=1S/C14H17N5O/c1-9-4-6-10(7-5-9)13-17-12(18-20-13)11-3-2-8-19(11)14(15)16/h4-7,11H,2-3,8H2,1H3,(H3,15,16). The molecule has 1 aliphatic heterocycles. The Morgan fingerprint density at radius 2 is 2.15 bits per heavy atom. The van der Waals surface area contributed by atoms with Gasteiger partial charge in [0.15, 0.2) is 11.8 Å². The number of rotatable bonds is 2. The summed E-state index contributed by atoms with van der Waals surface area (Å²) in [5, 5.41) is 11.6. The largest absolute Gasteiger partial charge is 0.370 e. The van der Waals surface area contributed by atoms with Gasteiger partial charge in [0.25, 0.3) is 5.89 Å². The first-order valence-corrected chi connectivity index (χ1v) is 6.66. The van der Waals surface area contributed by atoms with E-state index >= 15 is 0 Å². The Bertz CT molecular complexity index is 619. The summed E-state index contributed by atoms with van der Waals surface area (Å²) in [4.78, 5) is 6.26. The first-order chi connectivity index (χ1) is 9.65. The Kier molecular flexibility index (Phi) is 3.14. The molecule has 0 radical (unpaired) electrons. The van der Waals surface area contributed by atoms with Crippen LogP contribution in [0.25, 0.3) is 11.5 Å². The van der Waals surface area contributed by atoms with Crippen LogP contribution < -0.4 is 5.73 Å². The molecule has 0 amide bonds. The van der Waals surface area contributed by atoms with Crippen molar-refractivity contribution in [2.75, 3.05) is 6.54 Å². The quantitative estimate of drug-likeness (QED) is 0.644. The number of aromatic nitrogens is 2. The molecule has 104 valence electrons. The normalized spacial score (nSPS) is 18.4. The zero-order chi connectivity index (χ0) is 14.1. The molecule has 0 saturated carbocycles. The molecule has 2 aromatic rings. The molecule has 6 heteroatoms. The summed E-state index contributed by atoms with van der Waals surface area (Å²) < 4.78 is 5.33. The van der Waals surface area contributed by atoms with Crippen LogP contribution in [0.3, 0.4) is 0 Å². The highest BCUT2D eigenvalue weighted by atomic mass is 16.5. The summed E-state index contributed by atoms with van der Waals surface area (Å²) in [6.45, 7) is 2.81. The Balaban J connectivity index is 1.86. The van der Waals surface area contributed by atoms with Gasteiger partial charge in [0, 0.05) is 12.1 Å². The lowest BCUT2D eigenvalue weighted by molar-refractivity contribution is 0.352. The smallest absolute Gasteiger partial charge is 0.257 e. The van der Waals surface area contributed by atoms with Crippen LogP contribution in [0.1, 0.15) is 30.3 Å². The van der Waals surface area contributed by atoms with Gasteiger partial charge in [-0.2, -0.15) is 4.98 Å². The number of aryl methyl sites for hydroxylation is 1. The van der Waals surface area contributed by atoms with Crippen LogP contribution in [0.4, 0.5) is 0 Å². The maximum absolute atomic E-state index is 7.58. The van der Waals surface area contributed by atoms with Gasteiger partial charge in [-0.3, -0.25) is 5.41 Å². The third-order valence-corrected chi connectivity index (χ3v) is 3.60. The molecule has 1 fully saturated rings. The lowest BCUT2D eigenvalue weighted by Crippen LogP contribution is -2.36. The highest BCUT2D eigenvalue weighted by Crippen LogP contribution is 2.30. The fourth-order valence-electron chi connectivity index (χ4n) is 2.51. The maximum Gasteiger partial charge on any atom is 0.257 e. The van der Waals surface area contributed by atoms with Crippen molar-refractivity contribution in [1.29, 1.82) is 5.41 Å². The highest BCUT2D eigenvalue weighted by molar-refractivity contribution is 5.75. The molecule has 3 rings (SSSR count). The predicted octanol–water partition coefficient (Wildman–Crippen LogP) is 2.08. The molecule has 2 heterocycles. The Labute approximate surface area is 117 Å². The van der Waals surface area contributed by atoms with Gasteiger partial charge in [0.05, 0.1) is 6.04 Å². The summed E-state index contributed by atoms with van der Waals surface area (Å²) in [7, 11) is 0. The molecule has 1 aliphatic rings. The van der Waals surface area contributed by atoms with Crippen molar-refractivity contribution in [2.24, 2.45) is 5.73 Å². The molecule has 3 N–H and O–H groups in total. The van der Waals surface area contributed by atoms with Crippen LogP contribution in [-0.2, 0) is 0 Å². The predicted molar refractivity (Wildman–Crippen MR) is 75.1 cm³/mol. The van der Waals surface area contributed by atoms with Crippen molar-refractivity contribution in [3.63, 3.8) is 0 Å². The molecule has 0 aliphatic carbocycles. The van der Waals surface area contributed by atoms with E-state index in [0.717, 1.165) is 24.9 Å². The molecule has 1 saturated heterocycles. The topological polar surface area (TPSA) is 92.0 Å². The van der Waals surface area contributed by atoms with Crippen molar-refractivity contribution < 1.29 is 4.52 Å². The van der Waals surface area contributed by atoms with E-state index in [0.29, 0.717) is 11.7 Å². The Morgan fingerprint density at radius 3 is 2.85 bits per heavy atom. The van der Waals surface area contributed by atoms with E-state index < -0.39 is 0 Å². The van der Waals surface area contributed by atoms with Gasteiger partial charge in [-0.25, -0.2) is 0 Å². The second kappa shape index (κ2) is 4.96. The average Bonchev–Trinajstić information content (AvgIpc) is 3.08. The SMILES string of the molecule is Cc1ccc(-c2nc(C3CCCN3C(=N)N)no2)cc1. The molecule has 0 bridgehead atoms. The monoisotopic (exact) mass is 271 g/mol. The molecular formula is C14H17N5O. The minimum absolute atomic E-state index is 0.0459. The third-order valence-electron chi connectivity index (χ3n) is 3.60. The van der Waals surface area contributed by atoms with Crippen molar-refractivity contribution in [1.82, 2.24) is 15.0 Å². The fourth-order valence-corrected chi connectivity index (χ4v) is 2.51. The van der Waals surface area contributed by atoms with E-state index in [1.807, 2.05) is 36.1 Å². The van der Waals surface area contributed by atoms with Crippen molar-refractivity contribution in [3.05, 3.63) is 35.7 Å². The summed E-state index contributed by atoms with van der Waals surface area (Å²) in [6.07, 6.45) is 1.88. The van der Waals surface area contributed by atoms with Gasteiger partial charge in [0.1, 0.15) is 0 Å². The molecular weight excluding hydrogens is 254 g/mol. The summed E-state index contributed by atoms with van der Waals surface area (Å²) >= 11 is 0. The van der Waals surface area contributed by atoms with Gasteiger partial charge in [-0.1, -0.05) is 22.9 Å². The number of nitrogens with two attached hydrogens (primary N) is 1. The van der Waals surface area contributed by atoms with E-state index in [1.54, 1.807) is 0 Å². The highest BCUT2D eigenvalue weighted by Gasteiger charge is 2.31. The van der Waals surface area contributed by atoms with Crippen LogP contribution >= 0.6 is 0 Å². The van der Waals surface area contributed by atoms with Gasteiger partial charge < -0.3 is 15.2 Å². The molecule has 1 aromatic heterocycles. The molecule has 1 unspecified atom stereocenters. The molecule has 1 atom stereocenters. The minimum Gasteiger partial charge on any atom is -0.370 e. The van der Waals surface area contributed by atoms with Crippen LogP contribution in [0.15, 0.2) is 28.8 Å². The van der Waals surface area contributed by atoms with Gasteiger partial charge in [-0.15, -0.1) is 0 Å². The Morgan fingerprint density at radius 1 is 1.40 bits per heavy atom. The number of likely N-dealkylation sites (tertiary alicyclic amines) is 1. The molecule has 1 aromatic carbocycles. The van der Waals surface area contributed by atoms with Crippen LogP contribution in [-0.4, -0.2) is 27.5 Å². The van der Waals surface area contributed by atoms with Crippen LogP contribution in [0.2, 0.25) is 0 Å². The lowest BCUT2D eigenvalue weighted by Gasteiger charge is -2.21. The van der Waals surface area contributed by atoms with E-state index in [4.69, 9.17) is 15.7 Å². The minimum atomic E-state index is -0.0459. The van der Waals surface area contributed by atoms with Gasteiger partial charge >= 0.3 is 0 Å². The van der Waals surface area contributed by atoms with Crippen molar-refractivity contribution in [3.8, 4) is 11.5 Å². The van der Waals surface area contributed by atoms with Crippen LogP contribution in [0.5, 0.6) is 0 Å². The number of hydrogen-bond donors (Lipinski definition) is 2. The number of guanidine groups is 1. The van der Waals surface area contributed by atoms with Crippen LogP contribution in [0, 0.1) is 12.3 Å². The number of benzene rings is 1. The summed E-state index contributed by atoms with van der Waals surface area (Å²) in [6, 6.07) is 7.90. The van der Waals surface area contributed by atoms with E-state index in [2.05, 4.69) is 10.1 Å². The molecule has 6 nitrogen and oxygen atoms in total.